The quantitative estimate of drug-likeness (QED) is 0.848. The van der Waals surface area contributed by atoms with Gasteiger partial charge in [0.25, 0.3) is 0 Å². The highest BCUT2D eigenvalue weighted by Crippen LogP contribution is 2.32. The Morgan fingerprint density at radius 2 is 1.86 bits per heavy atom. The molecule has 0 amide bonds. The van der Waals surface area contributed by atoms with Crippen LogP contribution in [0, 0.1) is 0 Å². The third-order valence-electron chi connectivity index (χ3n) is 3.12. The van der Waals surface area contributed by atoms with Crippen molar-refractivity contribution in [3.63, 3.8) is 0 Å². The molecule has 0 atom stereocenters. The van der Waals surface area contributed by atoms with Crippen LogP contribution in [0.15, 0.2) is 28.6 Å². The summed E-state index contributed by atoms with van der Waals surface area (Å²) < 4.78 is 29.1. The Kier molecular flexibility index (Phi) is 4.55. The largest absolute Gasteiger partial charge is 0.274 e. The van der Waals surface area contributed by atoms with E-state index in [0.717, 1.165) is 4.88 Å². The van der Waals surface area contributed by atoms with Crippen LogP contribution in [0.5, 0.6) is 0 Å². The molecule has 2 aromatic heterocycles. The van der Waals surface area contributed by atoms with Gasteiger partial charge in [0.05, 0.1) is 4.88 Å². The van der Waals surface area contributed by atoms with Crippen LogP contribution >= 0.6 is 11.3 Å². The van der Waals surface area contributed by atoms with E-state index >= 15 is 0 Å². The minimum Gasteiger partial charge on any atom is -0.274 e. The third kappa shape index (κ3) is 3.04. The van der Waals surface area contributed by atoms with Crippen molar-refractivity contribution in [3.8, 4) is 10.6 Å². The zero-order valence-corrected chi connectivity index (χ0v) is 14.6. The molecule has 0 saturated carbocycles. The van der Waals surface area contributed by atoms with Crippen LogP contribution in [0.3, 0.4) is 0 Å². The van der Waals surface area contributed by atoms with Gasteiger partial charge in [-0.05, 0) is 39.1 Å². The van der Waals surface area contributed by atoms with Crippen molar-refractivity contribution >= 4 is 21.4 Å². The highest BCUT2D eigenvalue weighted by atomic mass is 32.2. The monoisotopic (exact) mass is 327 g/mol. The number of aryl methyl sites for hydroxylation is 1. The maximum atomic E-state index is 13.0. The molecule has 0 saturated heterocycles. The molecule has 0 aliphatic carbocycles. The van der Waals surface area contributed by atoms with Gasteiger partial charge in [-0.25, -0.2) is 8.42 Å². The average Bonchev–Trinajstić information content (AvgIpc) is 2.95. The molecule has 2 aromatic rings. The molecule has 0 N–H and O–H groups in total. The van der Waals surface area contributed by atoms with E-state index in [1.54, 1.807) is 17.9 Å². The summed E-state index contributed by atoms with van der Waals surface area (Å²) in [6, 6.07) is 3.58. The number of thiophene rings is 1. The van der Waals surface area contributed by atoms with Gasteiger partial charge in [0.2, 0.25) is 10.0 Å². The molecule has 5 nitrogen and oxygen atoms in total. The lowest BCUT2D eigenvalue weighted by molar-refractivity contribution is 0.302. The van der Waals surface area contributed by atoms with E-state index < -0.39 is 10.0 Å². The van der Waals surface area contributed by atoms with Crippen molar-refractivity contribution in [2.24, 2.45) is 7.05 Å². The first kappa shape index (κ1) is 16.2. The van der Waals surface area contributed by atoms with Crippen molar-refractivity contribution in [1.29, 1.82) is 0 Å². The lowest BCUT2D eigenvalue weighted by Gasteiger charge is -2.29. The summed E-state index contributed by atoms with van der Waals surface area (Å²) in [5, 5.41) is 6.26. The fourth-order valence-corrected chi connectivity index (χ4v) is 5.31. The minimum atomic E-state index is -3.58. The van der Waals surface area contributed by atoms with Gasteiger partial charge in [-0.2, -0.15) is 9.40 Å². The van der Waals surface area contributed by atoms with Gasteiger partial charge in [0.15, 0.2) is 0 Å². The molecule has 0 radical (unpaired) electrons. The zero-order chi connectivity index (χ0) is 15.8. The zero-order valence-electron chi connectivity index (χ0n) is 12.9. The van der Waals surface area contributed by atoms with Crippen LogP contribution in [-0.4, -0.2) is 34.6 Å². The molecule has 2 rings (SSSR count). The summed E-state index contributed by atoms with van der Waals surface area (Å²) in [5.74, 6) is 0. The van der Waals surface area contributed by atoms with Crippen LogP contribution in [0.1, 0.15) is 27.7 Å². The van der Waals surface area contributed by atoms with Gasteiger partial charge in [-0.3, -0.25) is 4.68 Å². The normalized spacial score (nSPS) is 12.8. The predicted octanol–water partition coefficient (Wildman–Crippen LogP) is 2.96. The molecule has 0 aromatic carbocycles. The average molecular weight is 327 g/mol. The summed E-state index contributed by atoms with van der Waals surface area (Å²) in [6.07, 6.45) is 1.59. The number of hydrogen-bond donors (Lipinski definition) is 0. The van der Waals surface area contributed by atoms with Crippen LogP contribution in [0.2, 0.25) is 0 Å². The van der Waals surface area contributed by atoms with Crippen LogP contribution in [-0.2, 0) is 17.1 Å². The molecule has 0 aliphatic rings. The summed E-state index contributed by atoms with van der Waals surface area (Å²) in [6.45, 7) is 7.55. The first-order valence-electron chi connectivity index (χ1n) is 6.86. The highest BCUT2D eigenvalue weighted by molar-refractivity contribution is 7.89. The van der Waals surface area contributed by atoms with Gasteiger partial charge < -0.3 is 0 Å². The molecule has 116 valence electrons. The van der Waals surface area contributed by atoms with Crippen molar-refractivity contribution in [2.75, 3.05) is 0 Å². The number of aromatic nitrogens is 2. The summed E-state index contributed by atoms with van der Waals surface area (Å²) in [4.78, 5) is 1.14. The lowest BCUT2D eigenvalue weighted by atomic mass is 10.3. The molecule has 7 heteroatoms. The first-order valence-corrected chi connectivity index (χ1v) is 9.18. The fraction of sp³-hybridized carbons (Fsp3) is 0.500. The van der Waals surface area contributed by atoms with Gasteiger partial charge in [-0.1, -0.05) is 6.07 Å². The Hall–Kier alpha value is -1.18. The molecular formula is C14H21N3O2S2. The predicted molar refractivity (Wildman–Crippen MR) is 85.8 cm³/mol. The summed E-state index contributed by atoms with van der Waals surface area (Å²) in [5.41, 5.74) is 0.527. The van der Waals surface area contributed by atoms with Crippen molar-refractivity contribution in [2.45, 2.75) is 44.7 Å². The molecule has 0 spiro atoms. The van der Waals surface area contributed by atoms with E-state index in [4.69, 9.17) is 0 Å². The topological polar surface area (TPSA) is 55.2 Å². The number of hydrogen-bond acceptors (Lipinski definition) is 4. The van der Waals surface area contributed by atoms with Crippen molar-refractivity contribution < 1.29 is 8.42 Å². The summed E-state index contributed by atoms with van der Waals surface area (Å²) in [7, 11) is -1.84. The van der Waals surface area contributed by atoms with Gasteiger partial charge in [0, 0.05) is 25.3 Å². The Labute approximate surface area is 130 Å². The molecular weight excluding hydrogens is 306 g/mol. The second-order valence-electron chi connectivity index (χ2n) is 5.52. The van der Waals surface area contributed by atoms with Crippen molar-refractivity contribution in [3.05, 3.63) is 23.7 Å². The van der Waals surface area contributed by atoms with Crippen LogP contribution in [0.4, 0.5) is 0 Å². The summed E-state index contributed by atoms with van der Waals surface area (Å²) >= 11 is 1.49. The Morgan fingerprint density at radius 3 is 2.33 bits per heavy atom. The Morgan fingerprint density at radius 1 is 1.24 bits per heavy atom. The molecule has 0 unspecified atom stereocenters. The SMILES string of the molecule is CC(C)N(C(C)C)S(=O)(=O)c1cn(C)nc1-c1cccs1. The smallest absolute Gasteiger partial charge is 0.247 e. The van der Waals surface area contributed by atoms with Gasteiger partial charge >= 0.3 is 0 Å². The molecule has 2 heterocycles. The van der Waals surface area contributed by atoms with Gasteiger partial charge in [-0.15, -0.1) is 11.3 Å². The minimum absolute atomic E-state index is 0.105. The number of nitrogens with zero attached hydrogens (tertiary/aromatic N) is 3. The van der Waals surface area contributed by atoms with Crippen LogP contribution in [0.25, 0.3) is 10.6 Å². The van der Waals surface area contributed by atoms with E-state index in [1.165, 1.54) is 15.6 Å². The van der Waals surface area contributed by atoms with E-state index in [-0.39, 0.29) is 17.0 Å². The van der Waals surface area contributed by atoms with Crippen molar-refractivity contribution in [1.82, 2.24) is 14.1 Å². The van der Waals surface area contributed by atoms with E-state index in [0.29, 0.717) is 5.69 Å². The Bertz CT molecular complexity index is 693. The van der Waals surface area contributed by atoms with Crippen LogP contribution < -0.4 is 0 Å². The lowest BCUT2D eigenvalue weighted by Crippen LogP contribution is -2.42. The second-order valence-corrected chi connectivity index (χ2v) is 8.27. The molecule has 0 aliphatic heterocycles. The standard InChI is InChI=1S/C14H21N3O2S2/c1-10(2)17(11(3)4)21(18,19)13-9-16(5)15-14(13)12-7-6-8-20-12/h6-11H,1-5H3. The molecule has 0 bridgehead atoms. The van der Waals surface area contributed by atoms with E-state index in [1.807, 2.05) is 45.2 Å². The highest BCUT2D eigenvalue weighted by Gasteiger charge is 2.33. The fourth-order valence-electron chi connectivity index (χ4n) is 2.50. The van der Waals surface area contributed by atoms with E-state index in [9.17, 15) is 8.42 Å². The maximum Gasteiger partial charge on any atom is 0.247 e. The second kappa shape index (κ2) is 5.90. The van der Waals surface area contributed by atoms with E-state index in [2.05, 4.69) is 5.10 Å². The first-order chi connectivity index (χ1) is 9.75. The van der Waals surface area contributed by atoms with Gasteiger partial charge in [0.1, 0.15) is 10.6 Å². The molecule has 21 heavy (non-hydrogen) atoms. The molecule has 0 fully saturated rings. The third-order valence-corrected chi connectivity index (χ3v) is 6.25. The number of rotatable bonds is 5. The maximum absolute atomic E-state index is 13.0. The number of sulfonamides is 1. The Balaban J connectivity index is 2.60.